The molecule has 0 radical (unpaired) electrons. The molecule has 0 aliphatic heterocycles. The zero-order chi connectivity index (χ0) is 25.5. The van der Waals surface area contributed by atoms with Gasteiger partial charge in [0.25, 0.3) is 0 Å². The average Bonchev–Trinajstić information content (AvgIpc) is 2.75. The third kappa shape index (κ3) is 8.29. The second-order valence-electron chi connectivity index (χ2n) is 7.22. The molecule has 14 heteroatoms. The number of benzene rings is 2. The van der Waals surface area contributed by atoms with Crippen LogP contribution >= 0.6 is 21.6 Å². The van der Waals surface area contributed by atoms with Gasteiger partial charge in [0.2, 0.25) is 20.0 Å². The van der Waals surface area contributed by atoms with E-state index >= 15 is 0 Å². The number of aliphatic carboxylic acids is 2. The fraction of sp³-hybridized carbons (Fsp3) is 0.300. The van der Waals surface area contributed by atoms with Gasteiger partial charge in [-0.2, -0.15) is 9.44 Å². The van der Waals surface area contributed by atoms with Crippen LogP contribution in [0, 0.1) is 13.8 Å². The summed E-state index contributed by atoms with van der Waals surface area (Å²) in [7, 11) is -6.35. The molecule has 2 unspecified atom stereocenters. The molecule has 34 heavy (non-hydrogen) atoms. The van der Waals surface area contributed by atoms with E-state index < -0.39 is 44.1 Å². The third-order valence-corrected chi connectivity index (χ3v) is 9.80. The third-order valence-electron chi connectivity index (χ3n) is 4.41. The minimum atomic E-state index is -4.09. The molecule has 0 bridgehead atoms. The summed E-state index contributed by atoms with van der Waals surface area (Å²) in [6, 6.07) is 8.81. The number of carboxylic acids is 2. The van der Waals surface area contributed by atoms with E-state index in [-0.39, 0.29) is 21.3 Å². The molecule has 2 rings (SSSR count). The molecule has 2 aromatic rings. The highest BCUT2D eigenvalue weighted by molar-refractivity contribution is 8.76. The first kappa shape index (κ1) is 28.1. The van der Waals surface area contributed by atoms with Crippen LogP contribution in [0.5, 0.6) is 0 Å². The molecule has 0 saturated carbocycles. The van der Waals surface area contributed by atoms with Crippen LogP contribution in [0.25, 0.3) is 0 Å². The van der Waals surface area contributed by atoms with Gasteiger partial charge in [0.05, 0.1) is 9.79 Å². The standard InChI is InChI=1S/C20H24N2O8S4/c1-13-3-7-15(8-4-13)33(27,28)21-17(19(23)24)11-31-32-12-18(20(25)26)22-34(29,30)16-9-5-14(2)6-10-16/h3-10,17-18,21-22H,11-12H2,1-2H3,(H,23,24)(H,25,26). The number of hydrogen-bond acceptors (Lipinski definition) is 8. The lowest BCUT2D eigenvalue weighted by atomic mass is 10.2. The van der Waals surface area contributed by atoms with E-state index in [9.17, 15) is 36.6 Å². The fourth-order valence-electron chi connectivity index (χ4n) is 2.49. The first-order valence-electron chi connectivity index (χ1n) is 9.70. The summed E-state index contributed by atoms with van der Waals surface area (Å²) in [6.45, 7) is 3.56. The summed E-state index contributed by atoms with van der Waals surface area (Å²) in [6.07, 6.45) is 0. The van der Waals surface area contributed by atoms with Gasteiger partial charge in [-0.25, -0.2) is 16.8 Å². The summed E-state index contributed by atoms with van der Waals surface area (Å²) in [5.41, 5.74) is 1.68. The quantitative estimate of drug-likeness (QED) is 0.214. The lowest BCUT2D eigenvalue weighted by Gasteiger charge is -2.16. The van der Waals surface area contributed by atoms with Crippen molar-refractivity contribution in [2.75, 3.05) is 11.5 Å². The Morgan fingerprint density at radius 1 is 0.706 bits per heavy atom. The van der Waals surface area contributed by atoms with Gasteiger partial charge in [-0.05, 0) is 38.1 Å². The van der Waals surface area contributed by atoms with Crippen molar-refractivity contribution in [2.45, 2.75) is 35.7 Å². The summed E-state index contributed by atoms with van der Waals surface area (Å²) in [5, 5.41) is 18.8. The maximum Gasteiger partial charge on any atom is 0.322 e. The normalized spacial score (nSPS) is 13.8. The van der Waals surface area contributed by atoms with Gasteiger partial charge in [-0.3, -0.25) is 9.59 Å². The molecule has 0 aromatic heterocycles. The average molecular weight is 549 g/mol. The van der Waals surface area contributed by atoms with Crippen molar-refractivity contribution in [3.05, 3.63) is 59.7 Å². The number of carboxylic acid groups (broad SMARTS) is 2. The predicted octanol–water partition coefficient (Wildman–Crippen LogP) is 1.85. The topological polar surface area (TPSA) is 167 Å². The van der Waals surface area contributed by atoms with Crippen LogP contribution in [0.3, 0.4) is 0 Å². The Morgan fingerprint density at radius 2 is 1.00 bits per heavy atom. The minimum Gasteiger partial charge on any atom is -0.480 e. The maximum atomic E-state index is 12.5. The lowest BCUT2D eigenvalue weighted by Crippen LogP contribution is -2.43. The van der Waals surface area contributed by atoms with Gasteiger partial charge in [-0.1, -0.05) is 57.0 Å². The van der Waals surface area contributed by atoms with Gasteiger partial charge in [0.15, 0.2) is 0 Å². The molecule has 0 saturated heterocycles. The highest BCUT2D eigenvalue weighted by atomic mass is 33.1. The van der Waals surface area contributed by atoms with Gasteiger partial charge < -0.3 is 10.2 Å². The first-order valence-corrected chi connectivity index (χ1v) is 15.2. The van der Waals surface area contributed by atoms with Gasteiger partial charge >= 0.3 is 11.9 Å². The molecule has 186 valence electrons. The van der Waals surface area contributed by atoms with Crippen LogP contribution < -0.4 is 9.44 Å². The summed E-state index contributed by atoms with van der Waals surface area (Å²) >= 11 is 0. The number of nitrogens with one attached hydrogen (secondary N) is 2. The predicted molar refractivity (Wildman–Crippen MR) is 131 cm³/mol. The number of sulfonamides is 2. The van der Waals surface area contributed by atoms with Crippen molar-refractivity contribution in [1.82, 2.24) is 9.44 Å². The van der Waals surface area contributed by atoms with E-state index in [1.165, 1.54) is 24.3 Å². The zero-order valence-electron chi connectivity index (χ0n) is 18.2. The Morgan fingerprint density at radius 3 is 1.26 bits per heavy atom. The largest absolute Gasteiger partial charge is 0.480 e. The Bertz CT molecular complexity index is 1120. The van der Waals surface area contributed by atoms with Gasteiger partial charge in [-0.15, -0.1) is 0 Å². The van der Waals surface area contributed by atoms with Crippen LogP contribution in [-0.2, 0) is 29.6 Å². The van der Waals surface area contributed by atoms with E-state index in [4.69, 9.17) is 0 Å². The van der Waals surface area contributed by atoms with Crippen molar-refractivity contribution < 1.29 is 36.6 Å². The highest BCUT2D eigenvalue weighted by Gasteiger charge is 2.28. The minimum absolute atomic E-state index is 0.0848. The molecule has 0 aliphatic carbocycles. The van der Waals surface area contributed by atoms with Crippen LogP contribution in [0.4, 0.5) is 0 Å². The monoisotopic (exact) mass is 548 g/mol. The van der Waals surface area contributed by atoms with Crippen molar-refractivity contribution in [2.24, 2.45) is 0 Å². The molecule has 4 N–H and O–H groups in total. The van der Waals surface area contributed by atoms with Crippen molar-refractivity contribution in [3.8, 4) is 0 Å². The van der Waals surface area contributed by atoms with Crippen LogP contribution in [0.15, 0.2) is 58.3 Å². The molecular formula is C20H24N2O8S4. The number of hydrogen-bond donors (Lipinski definition) is 4. The van der Waals surface area contributed by atoms with E-state index in [0.717, 1.165) is 32.7 Å². The molecule has 0 spiro atoms. The Kier molecular flexibility index (Phi) is 9.96. The van der Waals surface area contributed by atoms with E-state index in [2.05, 4.69) is 9.44 Å². The number of carbonyl (C=O) groups is 2. The maximum absolute atomic E-state index is 12.5. The van der Waals surface area contributed by atoms with E-state index in [1.807, 2.05) is 0 Å². The van der Waals surface area contributed by atoms with Gasteiger partial charge in [0, 0.05) is 11.5 Å². The first-order chi connectivity index (χ1) is 15.8. The fourth-order valence-corrected chi connectivity index (χ4v) is 7.39. The molecule has 2 aromatic carbocycles. The Hall–Kier alpha value is -2.10. The highest BCUT2D eigenvalue weighted by Crippen LogP contribution is 2.24. The molecule has 0 amide bonds. The van der Waals surface area contributed by atoms with Crippen LogP contribution in [-0.4, -0.2) is 62.6 Å². The number of rotatable bonds is 13. The summed E-state index contributed by atoms with van der Waals surface area (Å²) < 4.78 is 54.1. The van der Waals surface area contributed by atoms with E-state index in [1.54, 1.807) is 38.1 Å². The van der Waals surface area contributed by atoms with Crippen molar-refractivity contribution in [3.63, 3.8) is 0 Å². The second kappa shape index (κ2) is 12.0. The lowest BCUT2D eigenvalue weighted by molar-refractivity contribution is -0.139. The summed E-state index contributed by atoms with van der Waals surface area (Å²) in [4.78, 5) is 22.9. The zero-order valence-corrected chi connectivity index (χ0v) is 21.4. The second-order valence-corrected chi connectivity index (χ2v) is 13.2. The van der Waals surface area contributed by atoms with Crippen LogP contribution in [0.2, 0.25) is 0 Å². The van der Waals surface area contributed by atoms with Gasteiger partial charge in [0.1, 0.15) is 12.1 Å². The number of aryl methyl sites for hydroxylation is 2. The van der Waals surface area contributed by atoms with Crippen LogP contribution in [0.1, 0.15) is 11.1 Å². The Balaban J connectivity index is 1.96. The molecular weight excluding hydrogens is 524 g/mol. The smallest absolute Gasteiger partial charge is 0.322 e. The van der Waals surface area contributed by atoms with E-state index in [0.29, 0.717) is 0 Å². The molecule has 0 heterocycles. The molecule has 0 fully saturated rings. The molecule has 10 nitrogen and oxygen atoms in total. The SMILES string of the molecule is Cc1ccc(S(=O)(=O)NC(CSSCC(NS(=O)(=O)c2ccc(C)cc2)C(=O)O)C(=O)O)cc1. The Labute approximate surface area is 206 Å². The molecule has 0 aliphatic rings. The summed E-state index contributed by atoms with van der Waals surface area (Å²) in [5.74, 6) is -3.25. The molecule has 2 atom stereocenters. The van der Waals surface area contributed by atoms with Crippen molar-refractivity contribution in [1.29, 1.82) is 0 Å². The van der Waals surface area contributed by atoms with Crippen molar-refractivity contribution >= 4 is 53.6 Å².